The zero-order valence-corrected chi connectivity index (χ0v) is 8.49. The van der Waals surface area contributed by atoms with Crippen molar-refractivity contribution in [1.29, 1.82) is 0 Å². The summed E-state index contributed by atoms with van der Waals surface area (Å²) in [5.74, 6) is -1.88. The first kappa shape index (κ1) is 12.9. The van der Waals surface area contributed by atoms with Crippen molar-refractivity contribution >= 4 is 11.9 Å². The molecule has 0 aliphatic heterocycles. The third-order valence-electron chi connectivity index (χ3n) is 1.56. The molecule has 0 heterocycles. The maximum atomic E-state index is 11.1. The van der Waals surface area contributed by atoms with E-state index in [2.05, 4.69) is 9.47 Å². The minimum Gasteiger partial charge on any atom is -0.466 e. The van der Waals surface area contributed by atoms with Crippen LogP contribution in [0.2, 0.25) is 0 Å². The van der Waals surface area contributed by atoms with E-state index in [0.717, 1.165) is 0 Å². The Bertz CT molecular complexity index is 190. The average molecular weight is 204 g/mol. The Morgan fingerprint density at radius 2 is 1.79 bits per heavy atom. The molecule has 0 fully saturated rings. The number of hydrogen-bond acceptors (Lipinski definition) is 5. The number of aliphatic hydroxyl groups is 1. The zero-order chi connectivity index (χ0) is 11.0. The van der Waals surface area contributed by atoms with Crippen LogP contribution in [0.1, 0.15) is 20.3 Å². The molecule has 0 radical (unpaired) electrons. The van der Waals surface area contributed by atoms with Crippen molar-refractivity contribution in [2.24, 2.45) is 5.92 Å². The van der Waals surface area contributed by atoms with Crippen molar-refractivity contribution in [3.8, 4) is 0 Å². The Hall–Kier alpha value is -1.10. The molecule has 0 aliphatic rings. The molecule has 5 heteroatoms. The highest BCUT2D eigenvalue weighted by atomic mass is 16.5. The molecule has 0 aromatic heterocycles. The summed E-state index contributed by atoms with van der Waals surface area (Å²) >= 11 is 0. The van der Waals surface area contributed by atoms with Crippen molar-refractivity contribution in [1.82, 2.24) is 0 Å². The van der Waals surface area contributed by atoms with Gasteiger partial charge in [-0.1, -0.05) is 0 Å². The molecule has 14 heavy (non-hydrogen) atoms. The standard InChI is InChI=1S/C9H16O5/c1-3-13-8(11)5-7(6-10)9(12)14-4-2/h7,10H,3-6H2,1-2H3. The molecule has 5 nitrogen and oxygen atoms in total. The second kappa shape index (κ2) is 7.32. The van der Waals surface area contributed by atoms with Crippen molar-refractivity contribution in [2.45, 2.75) is 20.3 Å². The van der Waals surface area contributed by atoms with Gasteiger partial charge in [0.15, 0.2) is 0 Å². The molecule has 0 saturated heterocycles. The molecule has 0 amide bonds. The minimum atomic E-state index is -0.811. The second-order valence-corrected chi connectivity index (χ2v) is 2.64. The van der Waals surface area contributed by atoms with Gasteiger partial charge in [0.25, 0.3) is 0 Å². The normalized spacial score (nSPS) is 11.9. The average Bonchev–Trinajstić information content (AvgIpc) is 2.15. The Morgan fingerprint density at radius 1 is 1.21 bits per heavy atom. The first-order valence-corrected chi connectivity index (χ1v) is 4.58. The van der Waals surface area contributed by atoms with E-state index >= 15 is 0 Å². The van der Waals surface area contributed by atoms with Gasteiger partial charge in [0, 0.05) is 0 Å². The minimum absolute atomic E-state index is 0.136. The molecule has 0 aliphatic carbocycles. The van der Waals surface area contributed by atoms with Crippen molar-refractivity contribution in [2.75, 3.05) is 19.8 Å². The Morgan fingerprint density at radius 3 is 2.21 bits per heavy atom. The Balaban J connectivity index is 4.01. The van der Waals surface area contributed by atoms with Crippen molar-refractivity contribution < 1.29 is 24.2 Å². The molecule has 1 atom stereocenters. The van der Waals surface area contributed by atoms with E-state index in [0.29, 0.717) is 0 Å². The van der Waals surface area contributed by atoms with E-state index in [1.54, 1.807) is 13.8 Å². The number of ether oxygens (including phenoxy) is 2. The highest BCUT2D eigenvalue weighted by molar-refractivity contribution is 5.80. The van der Waals surface area contributed by atoms with E-state index < -0.39 is 24.5 Å². The fourth-order valence-corrected chi connectivity index (χ4v) is 0.904. The summed E-state index contributed by atoms with van der Waals surface area (Å²) in [7, 11) is 0. The smallest absolute Gasteiger partial charge is 0.311 e. The molecule has 0 spiro atoms. The monoisotopic (exact) mass is 204 g/mol. The van der Waals surface area contributed by atoms with Crippen LogP contribution in [0.15, 0.2) is 0 Å². The Labute approximate surface area is 83.0 Å². The van der Waals surface area contributed by atoms with Crippen LogP contribution in [-0.4, -0.2) is 36.9 Å². The molecule has 0 aromatic carbocycles. The molecular formula is C9H16O5. The largest absolute Gasteiger partial charge is 0.466 e. The first-order chi connectivity index (χ1) is 6.65. The summed E-state index contributed by atoms with van der Waals surface area (Å²) in [6, 6.07) is 0. The zero-order valence-electron chi connectivity index (χ0n) is 8.49. The number of carbonyl (C=O) groups is 2. The van der Waals surface area contributed by atoms with Gasteiger partial charge in [-0.15, -0.1) is 0 Å². The van der Waals surface area contributed by atoms with Gasteiger partial charge in [0.1, 0.15) is 0 Å². The van der Waals surface area contributed by atoms with Crippen LogP contribution in [0.5, 0.6) is 0 Å². The summed E-state index contributed by atoms with van der Waals surface area (Å²) < 4.78 is 9.31. The lowest BCUT2D eigenvalue weighted by Gasteiger charge is -2.11. The SMILES string of the molecule is CCOC(=O)CC(CO)C(=O)OCC. The summed E-state index contributed by atoms with van der Waals surface area (Å²) in [4.78, 5) is 22.1. The number of rotatable bonds is 6. The third-order valence-corrected chi connectivity index (χ3v) is 1.56. The lowest BCUT2D eigenvalue weighted by atomic mass is 10.1. The van der Waals surface area contributed by atoms with Gasteiger partial charge in [0.2, 0.25) is 0 Å². The lowest BCUT2D eigenvalue weighted by molar-refractivity contribution is -0.156. The number of esters is 2. The maximum absolute atomic E-state index is 11.1. The molecule has 0 rings (SSSR count). The summed E-state index contributed by atoms with van der Waals surface area (Å²) in [5, 5.41) is 8.83. The maximum Gasteiger partial charge on any atom is 0.311 e. The molecule has 1 N–H and O–H groups in total. The van der Waals surface area contributed by atoms with Gasteiger partial charge >= 0.3 is 11.9 Å². The third kappa shape index (κ3) is 4.81. The van der Waals surface area contributed by atoms with Gasteiger partial charge in [-0.25, -0.2) is 0 Å². The molecule has 0 aromatic rings. The lowest BCUT2D eigenvalue weighted by Crippen LogP contribution is -2.25. The quantitative estimate of drug-likeness (QED) is 0.622. The molecule has 0 bridgehead atoms. The van der Waals surface area contributed by atoms with E-state index in [-0.39, 0.29) is 19.6 Å². The van der Waals surface area contributed by atoms with Gasteiger partial charge in [-0.2, -0.15) is 0 Å². The number of hydrogen-bond donors (Lipinski definition) is 1. The number of aliphatic hydroxyl groups excluding tert-OH is 1. The van der Waals surface area contributed by atoms with Crippen LogP contribution < -0.4 is 0 Å². The summed E-state index contributed by atoms with van der Waals surface area (Å²) in [6.07, 6.45) is -0.136. The topological polar surface area (TPSA) is 72.8 Å². The van der Waals surface area contributed by atoms with E-state index in [9.17, 15) is 9.59 Å². The summed E-state index contributed by atoms with van der Waals surface area (Å²) in [5.41, 5.74) is 0. The van der Waals surface area contributed by atoms with Gasteiger partial charge in [-0.05, 0) is 13.8 Å². The van der Waals surface area contributed by atoms with Crippen LogP contribution in [0.25, 0.3) is 0 Å². The second-order valence-electron chi connectivity index (χ2n) is 2.64. The molecular weight excluding hydrogens is 188 g/mol. The van der Waals surface area contributed by atoms with Gasteiger partial charge in [-0.3, -0.25) is 9.59 Å². The summed E-state index contributed by atoms with van der Waals surface area (Å²) in [6.45, 7) is 3.43. The van der Waals surface area contributed by atoms with Gasteiger partial charge in [0.05, 0.1) is 32.2 Å². The first-order valence-electron chi connectivity index (χ1n) is 4.58. The predicted octanol–water partition coefficient (Wildman–Crippen LogP) is 0.111. The molecule has 82 valence electrons. The highest BCUT2D eigenvalue weighted by Gasteiger charge is 2.22. The van der Waals surface area contributed by atoms with Crippen LogP contribution in [0.3, 0.4) is 0 Å². The van der Waals surface area contributed by atoms with Crippen LogP contribution in [-0.2, 0) is 19.1 Å². The fourth-order valence-electron chi connectivity index (χ4n) is 0.904. The Kier molecular flexibility index (Phi) is 6.74. The van der Waals surface area contributed by atoms with E-state index in [1.807, 2.05) is 0 Å². The molecule has 0 saturated carbocycles. The highest BCUT2D eigenvalue weighted by Crippen LogP contribution is 2.06. The molecule has 1 unspecified atom stereocenters. The van der Waals surface area contributed by atoms with Crippen LogP contribution in [0.4, 0.5) is 0 Å². The number of carbonyl (C=O) groups excluding carboxylic acids is 2. The van der Waals surface area contributed by atoms with Crippen molar-refractivity contribution in [3.05, 3.63) is 0 Å². The fraction of sp³-hybridized carbons (Fsp3) is 0.778. The van der Waals surface area contributed by atoms with Crippen molar-refractivity contribution in [3.63, 3.8) is 0 Å². The van der Waals surface area contributed by atoms with Crippen LogP contribution in [0, 0.1) is 5.92 Å². The van der Waals surface area contributed by atoms with E-state index in [1.165, 1.54) is 0 Å². The van der Waals surface area contributed by atoms with Gasteiger partial charge < -0.3 is 14.6 Å². The predicted molar refractivity (Wildman–Crippen MR) is 48.5 cm³/mol. The van der Waals surface area contributed by atoms with Crippen LogP contribution >= 0.6 is 0 Å². The van der Waals surface area contributed by atoms with E-state index in [4.69, 9.17) is 5.11 Å².